The van der Waals surface area contributed by atoms with E-state index >= 15 is 0 Å². The lowest BCUT2D eigenvalue weighted by atomic mass is 9.80. The van der Waals surface area contributed by atoms with Crippen LogP contribution in [0, 0.1) is 11.3 Å². The van der Waals surface area contributed by atoms with Crippen LogP contribution in [0.1, 0.15) is 37.7 Å². The van der Waals surface area contributed by atoms with Crippen LogP contribution in [0.15, 0.2) is 22.8 Å². The smallest absolute Gasteiger partial charge is 0.272 e. The van der Waals surface area contributed by atoms with Gasteiger partial charge in [-0.05, 0) is 45.8 Å². The molecule has 98 valence electrons. The summed E-state index contributed by atoms with van der Waals surface area (Å²) in [5.74, 6) is 0.622. The minimum absolute atomic E-state index is 0.0445. The first kappa shape index (κ1) is 13.5. The Morgan fingerprint density at radius 2 is 2.17 bits per heavy atom. The molecule has 1 aromatic heterocycles. The van der Waals surface area contributed by atoms with Crippen molar-refractivity contribution < 1.29 is 4.79 Å². The molecular formula is C14H19BrN2O. The fourth-order valence-electron chi connectivity index (χ4n) is 2.34. The van der Waals surface area contributed by atoms with Crippen molar-refractivity contribution in [3.63, 3.8) is 0 Å². The monoisotopic (exact) mass is 310 g/mol. The van der Waals surface area contributed by atoms with Crippen molar-refractivity contribution in [2.24, 2.45) is 11.3 Å². The Kier molecular flexibility index (Phi) is 3.76. The van der Waals surface area contributed by atoms with E-state index in [2.05, 4.69) is 41.7 Å². The number of carbonyl (C=O) groups excluding carboxylic acids is 1. The summed E-state index contributed by atoms with van der Waals surface area (Å²) >= 11 is 3.30. The first-order chi connectivity index (χ1) is 8.38. The van der Waals surface area contributed by atoms with Crippen molar-refractivity contribution in [3.8, 4) is 0 Å². The van der Waals surface area contributed by atoms with Crippen molar-refractivity contribution in [2.45, 2.75) is 27.2 Å². The summed E-state index contributed by atoms with van der Waals surface area (Å²) in [4.78, 5) is 18.5. The molecule has 0 spiro atoms. The van der Waals surface area contributed by atoms with Gasteiger partial charge in [0.1, 0.15) is 10.3 Å². The second-order valence-corrected chi connectivity index (χ2v) is 6.76. The Balaban J connectivity index is 2.08. The lowest BCUT2D eigenvalue weighted by molar-refractivity contribution is 0.0770. The highest BCUT2D eigenvalue weighted by atomic mass is 79.9. The number of hydrogen-bond acceptors (Lipinski definition) is 2. The van der Waals surface area contributed by atoms with Crippen LogP contribution in [0.3, 0.4) is 0 Å². The Hall–Kier alpha value is -0.900. The van der Waals surface area contributed by atoms with Gasteiger partial charge in [-0.3, -0.25) is 4.79 Å². The van der Waals surface area contributed by atoms with Crippen LogP contribution in [0.5, 0.6) is 0 Å². The molecular weight excluding hydrogens is 292 g/mol. The fraction of sp³-hybridized carbons (Fsp3) is 0.571. The molecule has 1 fully saturated rings. The summed E-state index contributed by atoms with van der Waals surface area (Å²) in [6, 6.07) is 5.46. The summed E-state index contributed by atoms with van der Waals surface area (Å²) in [7, 11) is 0. The Morgan fingerprint density at radius 3 is 2.72 bits per heavy atom. The highest BCUT2D eigenvalue weighted by molar-refractivity contribution is 9.10. The number of carbonyl (C=O) groups is 1. The number of likely N-dealkylation sites (tertiary alicyclic amines) is 1. The summed E-state index contributed by atoms with van der Waals surface area (Å²) in [6.45, 7) is 8.40. The number of rotatable bonds is 1. The number of hydrogen-bond donors (Lipinski definition) is 0. The predicted octanol–water partition coefficient (Wildman–Crippen LogP) is 3.35. The van der Waals surface area contributed by atoms with Crippen LogP contribution < -0.4 is 0 Å². The van der Waals surface area contributed by atoms with Gasteiger partial charge in [-0.2, -0.15) is 0 Å². The van der Waals surface area contributed by atoms with Crippen LogP contribution in [0.2, 0.25) is 0 Å². The summed E-state index contributed by atoms with van der Waals surface area (Å²) < 4.78 is 0.708. The molecule has 0 radical (unpaired) electrons. The first-order valence-corrected chi connectivity index (χ1v) is 7.09. The van der Waals surface area contributed by atoms with E-state index in [1.807, 2.05) is 17.0 Å². The molecule has 1 amide bonds. The Labute approximate surface area is 117 Å². The fourth-order valence-corrected chi connectivity index (χ4v) is 2.68. The molecule has 1 atom stereocenters. The van der Waals surface area contributed by atoms with Crippen LogP contribution in [-0.4, -0.2) is 28.9 Å². The number of halogens is 1. The standard InChI is InChI=1S/C14H19BrN2O/c1-14(2,3)10-7-8-17(9-10)13(18)11-5-4-6-12(15)16-11/h4-6,10H,7-9H2,1-3H3. The van der Waals surface area contributed by atoms with Crippen molar-refractivity contribution in [3.05, 3.63) is 28.5 Å². The third-order valence-corrected chi connectivity index (χ3v) is 4.08. The molecule has 2 heterocycles. The first-order valence-electron chi connectivity index (χ1n) is 6.30. The number of aromatic nitrogens is 1. The van der Waals surface area contributed by atoms with Gasteiger partial charge in [0.2, 0.25) is 0 Å². The largest absolute Gasteiger partial charge is 0.337 e. The predicted molar refractivity (Wildman–Crippen MR) is 75.4 cm³/mol. The maximum absolute atomic E-state index is 12.3. The van der Waals surface area contributed by atoms with Crippen molar-refractivity contribution in [2.75, 3.05) is 13.1 Å². The second kappa shape index (κ2) is 5.00. The lowest BCUT2D eigenvalue weighted by Crippen LogP contribution is -2.31. The second-order valence-electron chi connectivity index (χ2n) is 5.95. The molecule has 18 heavy (non-hydrogen) atoms. The maximum atomic E-state index is 12.3. The van der Waals surface area contributed by atoms with Gasteiger partial charge < -0.3 is 4.90 Å². The van der Waals surface area contributed by atoms with E-state index in [0.29, 0.717) is 16.2 Å². The molecule has 1 unspecified atom stereocenters. The molecule has 1 aromatic rings. The molecule has 1 aliphatic rings. The maximum Gasteiger partial charge on any atom is 0.272 e. The topological polar surface area (TPSA) is 33.2 Å². The van der Waals surface area contributed by atoms with Gasteiger partial charge in [-0.15, -0.1) is 0 Å². The minimum atomic E-state index is 0.0445. The Morgan fingerprint density at radius 1 is 1.44 bits per heavy atom. The Bertz CT molecular complexity index is 453. The van der Waals surface area contributed by atoms with E-state index in [9.17, 15) is 4.79 Å². The highest BCUT2D eigenvalue weighted by Gasteiger charge is 2.34. The van der Waals surface area contributed by atoms with Crippen LogP contribution in [0.25, 0.3) is 0 Å². The van der Waals surface area contributed by atoms with Gasteiger partial charge in [-0.25, -0.2) is 4.98 Å². The third kappa shape index (κ3) is 2.91. The molecule has 0 saturated carbocycles. The highest BCUT2D eigenvalue weighted by Crippen LogP contribution is 2.33. The summed E-state index contributed by atoms with van der Waals surface area (Å²) in [5.41, 5.74) is 0.790. The van der Waals surface area contributed by atoms with E-state index in [-0.39, 0.29) is 11.3 Å². The number of pyridine rings is 1. The quantitative estimate of drug-likeness (QED) is 0.745. The van der Waals surface area contributed by atoms with Gasteiger partial charge in [0.25, 0.3) is 5.91 Å². The van der Waals surface area contributed by atoms with Gasteiger partial charge in [0.15, 0.2) is 0 Å². The molecule has 3 nitrogen and oxygen atoms in total. The molecule has 1 saturated heterocycles. The van der Waals surface area contributed by atoms with Gasteiger partial charge in [0.05, 0.1) is 0 Å². The zero-order valence-electron chi connectivity index (χ0n) is 11.1. The molecule has 0 bridgehead atoms. The summed E-state index contributed by atoms with van der Waals surface area (Å²) in [5, 5.41) is 0. The van der Waals surface area contributed by atoms with Gasteiger partial charge in [-0.1, -0.05) is 26.8 Å². The van der Waals surface area contributed by atoms with E-state index in [0.717, 1.165) is 19.5 Å². The molecule has 2 rings (SSSR count). The zero-order valence-corrected chi connectivity index (χ0v) is 12.7. The zero-order chi connectivity index (χ0) is 13.3. The van der Waals surface area contributed by atoms with E-state index < -0.39 is 0 Å². The molecule has 0 aromatic carbocycles. The van der Waals surface area contributed by atoms with Crippen molar-refractivity contribution >= 4 is 21.8 Å². The van der Waals surface area contributed by atoms with Crippen LogP contribution in [-0.2, 0) is 0 Å². The molecule has 1 aliphatic heterocycles. The van der Waals surface area contributed by atoms with E-state index in [1.54, 1.807) is 6.07 Å². The average molecular weight is 311 g/mol. The summed E-state index contributed by atoms with van der Waals surface area (Å²) in [6.07, 6.45) is 1.09. The molecule has 0 aliphatic carbocycles. The number of nitrogens with zero attached hydrogens (tertiary/aromatic N) is 2. The minimum Gasteiger partial charge on any atom is -0.337 e. The third-order valence-electron chi connectivity index (χ3n) is 3.63. The van der Waals surface area contributed by atoms with Gasteiger partial charge >= 0.3 is 0 Å². The lowest BCUT2D eigenvalue weighted by Gasteiger charge is -2.26. The molecule has 0 N–H and O–H groups in total. The van der Waals surface area contributed by atoms with Crippen molar-refractivity contribution in [1.29, 1.82) is 0 Å². The SMILES string of the molecule is CC(C)(C)C1CCN(C(=O)c2cccc(Br)n2)C1. The number of amides is 1. The van der Waals surface area contributed by atoms with Crippen molar-refractivity contribution in [1.82, 2.24) is 9.88 Å². The van der Waals surface area contributed by atoms with Crippen LogP contribution in [0.4, 0.5) is 0 Å². The van der Waals surface area contributed by atoms with Crippen LogP contribution >= 0.6 is 15.9 Å². The van der Waals surface area contributed by atoms with E-state index in [1.165, 1.54) is 0 Å². The average Bonchev–Trinajstić information content (AvgIpc) is 2.77. The van der Waals surface area contributed by atoms with Gasteiger partial charge in [0, 0.05) is 13.1 Å². The normalized spacial score (nSPS) is 20.2. The van der Waals surface area contributed by atoms with E-state index in [4.69, 9.17) is 0 Å². The molecule has 4 heteroatoms.